The van der Waals surface area contributed by atoms with Gasteiger partial charge in [-0.05, 0) is 36.7 Å². The summed E-state index contributed by atoms with van der Waals surface area (Å²) < 4.78 is 26.7. The number of aromatic nitrogens is 1. The van der Waals surface area contributed by atoms with Crippen LogP contribution < -0.4 is 5.46 Å². The van der Waals surface area contributed by atoms with E-state index in [1.54, 1.807) is 6.92 Å². The van der Waals surface area contributed by atoms with Crippen LogP contribution in [0.25, 0.3) is 11.3 Å². The molecule has 1 aromatic heterocycles. The Morgan fingerprint density at radius 2 is 1.89 bits per heavy atom. The molecule has 2 rings (SSSR count). The third-order valence-corrected chi connectivity index (χ3v) is 2.50. The van der Waals surface area contributed by atoms with E-state index in [-0.39, 0.29) is 16.7 Å². The standard InChI is InChI=1S/C12H10BF2NO2/c1-7-5-8(13(17)18)6-11(16-7)9-3-2-4-10(14)12(9)15/h2-6,17-18H,1H3. The van der Waals surface area contributed by atoms with Crippen molar-refractivity contribution in [1.82, 2.24) is 4.98 Å². The van der Waals surface area contributed by atoms with Gasteiger partial charge in [0.1, 0.15) is 0 Å². The van der Waals surface area contributed by atoms with Crippen molar-refractivity contribution in [3.05, 3.63) is 47.7 Å². The van der Waals surface area contributed by atoms with Gasteiger partial charge in [-0.3, -0.25) is 4.98 Å². The van der Waals surface area contributed by atoms with Gasteiger partial charge in [-0.1, -0.05) is 6.07 Å². The van der Waals surface area contributed by atoms with Crippen molar-refractivity contribution in [1.29, 1.82) is 0 Å². The molecule has 0 aliphatic heterocycles. The number of nitrogens with zero attached hydrogens (tertiary/aromatic N) is 1. The number of halogens is 2. The minimum absolute atomic E-state index is 0.0133. The number of hydrogen-bond acceptors (Lipinski definition) is 3. The second-order valence-electron chi connectivity index (χ2n) is 3.90. The van der Waals surface area contributed by atoms with E-state index in [1.165, 1.54) is 24.3 Å². The molecule has 3 nitrogen and oxygen atoms in total. The van der Waals surface area contributed by atoms with Crippen molar-refractivity contribution in [2.45, 2.75) is 6.92 Å². The first kappa shape index (κ1) is 12.7. The predicted octanol–water partition coefficient (Wildman–Crippen LogP) is 1.02. The molecule has 92 valence electrons. The third kappa shape index (κ3) is 2.39. The molecule has 18 heavy (non-hydrogen) atoms. The minimum Gasteiger partial charge on any atom is -0.423 e. The molecule has 2 aromatic rings. The van der Waals surface area contributed by atoms with Crippen molar-refractivity contribution in [2.24, 2.45) is 0 Å². The zero-order chi connectivity index (χ0) is 13.3. The maximum atomic E-state index is 13.6. The van der Waals surface area contributed by atoms with Gasteiger partial charge in [0.2, 0.25) is 0 Å². The van der Waals surface area contributed by atoms with E-state index in [4.69, 9.17) is 10.0 Å². The second kappa shape index (κ2) is 4.84. The first-order valence-electron chi connectivity index (χ1n) is 5.28. The van der Waals surface area contributed by atoms with Gasteiger partial charge < -0.3 is 10.0 Å². The van der Waals surface area contributed by atoms with Gasteiger partial charge >= 0.3 is 7.12 Å². The van der Waals surface area contributed by atoms with Gasteiger partial charge in [-0.25, -0.2) is 8.78 Å². The second-order valence-corrected chi connectivity index (χ2v) is 3.90. The summed E-state index contributed by atoms with van der Waals surface area (Å²) in [5, 5.41) is 18.2. The topological polar surface area (TPSA) is 53.4 Å². The van der Waals surface area contributed by atoms with Gasteiger partial charge in [0.15, 0.2) is 11.6 Å². The largest absolute Gasteiger partial charge is 0.488 e. The first-order valence-corrected chi connectivity index (χ1v) is 5.28. The van der Waals surface area contributed by atoms with Crippen molar-refractivity contribution in [3.8, 4) is 11.3 Å². The Morgan fingerprint density at radius 3 is 2.56 bits per heavy atom. The molecule has 0 atom stereocenters. The molecule has 6 heteroatoms. The highest BCUT2D eigenvalue weighted by Gasteiger charge is 2.16. The van der Waals surface area contributed by atoms with E-state index < -0.39 is 18.8 Å². The van der Waals surface area contributed by atoms with E-state index in [9.17, 15) is 8.78 Å². The molecule has 0 bridgehead atoms. The average molecular weight is 249 g/mol. The first-order chi connectivity index (χ1) is 8.49. The summed E-state index contributed by atoms with van der Waals surface area (Å²) >= 11 is 0. The summed E-state index contributed by atoms with van der Waals surface area (Å²) in [6, 6.07) is 6.54. The molecule has 0 radical (unpaired) electrons. The van der Waals surface area contributed by atoms with Crippen molar-refractivity contribution in [3.63, 3.8) is 0 Å². The van der Waals surface area contributed by atoms with Crippen LogP contribution in [0.2, 0.25) is 0 Å². The van der Waals surface area contributed by atoms with Crippen LogP contribution in [0.5, 0.6) is 0 Å². The third-order valence-electron chi connectivity index (χ3n) is 2.50. The van der Waals surface area contributed by atoms with Crippen molar-refractivity contribution >= 4 is 12.6 Å². The molecular weight excluding hydrogens is 239 g/mol. The SMILES string of the molecule is Cc1cc(B(O)O)cc(-c2cccc(F)c2F)n1. The smallest absolute Gasteiger partial charge is 0.423 e. The number of hydrogen-bond donors (Lipinski definition) is 2. The highest BCUT2D eigenvalue weighted by Crippen LogP contribution is 2.22. The zero-order valence-corrected chi connectivity index (χ0v) is 9.56. The van der Waals surface area contributed by atoms with Crippen LogP contribution in [-0.4, -0.2) is 22.2 Å². The lowest BCUT2D eigenvalue weighted by Crippen LogP contribution is -2.30. The fourth-order valence-electron chi connectivity index (χ4n) is 1.68. The fraction of sp³-hybridized carbons (Fsp3) is 0.0833. The van der Waals surface area contributed by atoms with Gasteiger partial charge in [-0.15, -0.1) is 0 Å². The molecule has 2 N–H and O–H groups in total. The molecule has 0 saturated heterocycles. The van der Waals surface area contributed by atoms with E-state index in [1.807, 2.05) is 0 Å². The van der Waals surface area contributed by atoms with Crippen molar-refractivity contribution < 1.29 is 18.8 Å². The highest BCUT2D eigenvalue weighted by atomic mass is 19.2. The molecule has 1 aromatic carbocycles. The number of pyridine rings is 1. The van der Waals surface area contributed by atoms with Gasteiger partial charge in [0.25, 0.3) is 0 Å². The summed E-state index contributed by atoms with van der Waals surface area (Å²) in [7, 11) is -1.68. The summed E-state index contributed by atoms with van der Waals surface area (Å²) in [4.78, 5) is 4.06. The van der Waals surface area contributed by atoms with Gasteiger partial charge in [0, 0.05) is 11.3 Å². The van der Waals surface area contributed by atoms with Crippen LogP contribution in [0.4, 0.5) is 8.78 Å². The maximum Gasteiger partial charge on any atom is 0.488 e. The van der Waals surface area contributed by atoms with Crippen LogP contribution >= 0.6 is 0 Å². The summed E-state index contributed by atoms with van der Waals surface area (Å²) in [6.07, 6.45) is 0. The Labute approximate surface area is 103 Å². The Balaban J connectivity index is 2.60. The number of aryl methyl sites for hydroxylation is 1. The van der Waals surface area contributed by atoms with Crippen LogP contribution in [-0.2, 0) is 0 Å². The van der Waals surface area contributed by atoms with E-state index in [2.05, 4.69) is 4.98 Å². The van der Waals surface area contributed by atoms with Gasteiger partial charge in [-0.2, -0.15) is 0 Å². The summed E-state index contributed by atoms with van der Waals surface area (Å²) in [5.74, 6) is -1.98. The Bertz CT molecular complexity index is 590. The average Bonchev–Trinajstić information content (AvgIpc) is 2.31. The molecular formula is C12H10BF2NO2. The predicted molar refractivity (Wildman–Crippen MR) is 64.2 cm³/mol. The van der Waals surface area contributed by atoms with Crippen LogP contribution in [0.1, 0.15) is 5.69 Å². The Morgan fingerprint density at radius 1 is 1.17 bits per heavy atom. The minimum atomic E-state index is -1.68. The number of rotatable bonds is 2. The van der Waals surface area contributed by atoms with E-state index >= 15 is 0 Å². The van der Waals surface area contributed by atoms with Crippen LogP contribution in [0, 0.1) is 18.6 Å². The lowest BCUT2D eigenvalue weighted by atomic mass is 9.80. The quantitative estimate of drug-likeness (QED) is 0.781. The zero-order valence-electron chi connectivity index (χ0n) is 9.56. The molecule has 0 aliphatic rings. The van der Waals surface area contributed by atoms with Crippen LogP contribution in [0.15, 0.2) is 30.3 Å². The van der Waals surface area contributed by atoms with Crippen LogP contribution in [0.3, 0.4) is 0 Å². The molecule has 0 fully saturated rings. The highest BCUT2D eigenvalue weighted by molar-refractivity contribution is 6.58. The molecule has 0 aliphatic carbocycles. The number of benzene rings is 1. The fourth-order valence-corrected chi connectivity index (χ4v) is 1.68. The molecule has 0 spiro atoms. The molecule has 0 amide bonds. The van der Waals surface area contributed by atoms with E-state index in [0.717, 1.165) is 6.07 Å². The summed E-state index contributed by atoms with van der Waals surface area (Å²) in [6.45, 7) is 1.63. The summed E-state index contributed by atoms with van der Waals surface area (Å²) in [5.41, 5.74) is 0.816. The van der Waals surface area contributed by atoms with Gasteiger partial charge in [0.05, 0.1) is 5.69 Å². The lowest BCUT2D eigenvalue weighted by molar-refractivity contribution is 0.425. The maximum absolute atomic E-state index is 13.6. The Hall–Kier alpha value is -1.79. The normalized spacial score (nSPS) is 10.5. The molecule has 0 unspecified atom stereocenters. The molecule has 1 heterocycles. The van der Waals surface area contributed by atoms with E-state index in [0.29, 0.717) is 5.69 Å². The van der Waals surface area contributed by atoms with Crippen molar-refractivity contribution in [2.75, 3.05) is 0 Å². The lowest BCUT2D eigenvalue weighted by Gasteiger charge is -2.07. The molecule has 0 saturated carbocycles. The Kier molecular flexibility index (Phi) is 3.40. The monoisotopic (exact) mass is 249 g/mol.